The maximum atomic E-state index is 13.0. The summed E-state index contributed by atoms with van der Waals surface area (Å²) in [4.78, 5) is 27.3. The number of fused-ring (bicyclic) bond motifs is 1. The molecule has 0 aliphatic carbocycles. The van der Waals surface area contributed by atoms with E-state index >= 15 is 0 Å². The number of nitrogens with zero attached hydrogens (tertiary/aromatic N) is 3. The average Bonchev–Trinajstić information content (AvgIpc) is 2.58. The fourth-order valence-corrected chi connectivity index (χ4v) is 4.81. The number of hydrogen-bond acceptors (Lipinski definition) is 5. The zero-order chi connectivity index (χ0) is 18.4. The molecule has 0 bridgehead atoms. The van der Waals surface area contributed by atoms with E-state index in [0.29, 0.717) is 0 Å². The van der Waals surface area contributed by atoms with Crippen molar-refractivity contribution >= 4 is 21.8 Å². The molecule has 8 nitrogen and oxygen atoms in total. The predicted octanol–water partition coefficient (Wildman–Crippen LogP) is -0.323. The van der Waals surface area contributed by atoms with Gasteiger partial charge >= 0.3 is 0 Å². The summed E-state index contributed by atoms with van der Waals surface area (Å²) in [6.07, 6.45) is 0. The van der Waals surface area contributed by atoms with Gasteiger partial charge in [0, 0.05) is 26.7 Å². The quantitative estimate of drug-likeness (QED) is 0.731. The SMILES string of the molecule is COc1cc(C)ccc1S(=O)(=O)N1CCN2C(=O)CN(C)C(=O)C2C1. The number of likely N-dealkylation sites (N-methyl/N-ethyl adjacent to an activating group) is 1. The predicted molar refractivity (Wildman–Crippen MR) is 89.6 cm³/mol. The second kappa shape index (κ2) is 6.30. The highest BCUT2D eigenvalue weighted by Crippen LogP contribution is 2.29. The van der Waals surface area contributed by atoms with E-state index in [1.54, 1.807) is 19.2 Å². The molecule has 1 unspecified atom stereocenters. The van der Waals surface area contributed by atoms with E-state index in [2.05, 4.69) is 0 Å². The van der Waals surface area contributed by atoms with E-state index < -0.39 is 16.1 Å². The summed E-state index contributed by atoms with van der Waals surface area (Å²) in [6, 6.07) is 4.10. The minimum Gasteiger partial charge on any atom is -0.495 e. The molecule has 2 aliphatic rings. The van der Waals surface area contributed by atoms with Crippen molar-refractivity contribution < 1.29 is 22.7 Å². The number of carbonyl (C=O) groups excluding carboxylic acids is 2. The minimum absolute atomic E-state index is 0.0356. The number of aryl methyl sites for hydroxylation is 1. The molecule has 1 aromatic rings. The van der Waals surface area contributed by atoms with Crippen LogP contribution in [0.4, 0.5) is 0 Å². The van der Waals surface area contributed by atoms with Crippen LogP contribution in [0.25, 0.3) is 0 Å². The standard InChI is InChI=1S/C16H21N3O5S/c1-11-4-5-14(13(8-11)24-3)25(22,23)18-6-7-19-12(9-18)16(21)17(2)10-15(19)20/h4-5,8,12H,6-7,9-10H2,1-3H3. The zero-order valence-electron chi connectivity index (χ0n) is 14.4. The summed E-state index contributed by atoms with van der Waals surface area (Å²) < 4.78 is 32.6. The van der Waals surface area contributed by atoms with Crippen LogP contribution in [-0.4, -0.2) is 80.7 Å². The molecule has 25 heavy (non-hydrogen) atoms. The van der Waals surface area contributed by atoms with Crippen LogP contribution in [0.1, 0.15) is 5.56 Å². The van der Waals surface area contributed by atoms with Crippen LogP contribution in [-0.2, 0) is 19.6 Å². The molecule has 3 rings (SSSR count). The summed E-state index contributed by atoms with van der Waals surface area (Å²) >= 11 is 0. The van der Waals surface area contributed by atoms with Crippen LogP contribution < -0.4 is 4.74 Å². The minimum atomic E-state index is -3.83. The fourth-order valence-electron chi connectivity index (χ4n) is 3.24. The van der Waals surface area contributed by atoms with E-state index in [1.165, 1.54) is 27.3 Å². The first kappa shape index (κ1) is 17.7. The molecular formula is C16H21N3O5S. The highest BCUT2D eigenvalue weighted by molar-refractivity contribution is 7.89. The third-order valence-corrected chi connectivity index (χ3v) is 6.54. The Labute approximate surface area is 147 Å². The molecule has 2 fully saturated rings. The lowest BCUT2D eigenvalue weighted by Crippen LogP contribution is -2.66. The Morgan fingerprint density at radius 3 is 2.60 bits per heavy atom. The van der Waals surface area contributed by atoms with Crippen LogP contribution in [0.15, 0.2) is 23.1 Å². The van der Waals surface area contributed by atoms with Crippen molar-refractivity contribution in [3.63, 3.8) is 0 Å². The summed E-state index contributed by atoms with van der Waals surface area (Å²) in [5, 5.41) is 0. The Morgan fingerprint density at radius 2 is 1.92 bits per heavy atom. The summed E-state index contributed by atoms with van der Waals surface area (Å²) in [5.41, 5.74) is 0.885. The van der Waals surface area contributed by atoms with Gasteiger partial charge in [-0.05, 0) is 24.6 Å². The van der Waals surface area contributed by atoms with Crippen molar-refractivity contribution in [2.24, 2.45) is 0 Å². The molecule has 2 heterocycles. The maximum Gasteiger partial charge on any atom is 0.246 e. The van der Waals surface area contributed by atoms with Gasteiger partial charge in [0.1, 0.15) is 16.7 Å². The molecule has 0 N–H and O–H groups in total. The number of sulfonamides is 1. The number of methoxy groups -OCH3 is 1. The molecule has 136 valence electrons. The van der Waals surface area contributed by atoms with Crippen LogP contribution in [0, 0.1) is 6.92 Å². The van der Waals surface area contributed by atoms with Crippen LogP contribution in [0.5, 0.6) is 5.75 Å². The van der Waals surface area contributed by atoms with Gasteiger partial charge in [-0.2, -0.15) is 4.31 Å². The first-order chi connectivity index (χ1) is 11.8. The third kappa shape index (κ3) is 2.98. The van der Waals surface area contributed by atoms with Gasteiger partial charge in [-0.1, -0.05) is 6.07 Å². The van der Waals surface area contributed by atoms with Crippen molar-refractivity contribution in [2.45, 2.75) is 17.9 Å². The Morgan fingerprint density at radius 1 is 1.20 bits per heavy atom. The molecule has 9 heteroatoms. The van der Waals surface area contributed by atoms with Crippen LogP contribution in [0.2, 0.25) is 0 Å². The molecule has 2 saturated heterocycles. The second-order valence-corrected chi connectivity index (χ2v) is 8.22. The highest BCUT2D eigenvalue weighted by Gasteiger charge is 2.44. The number of ether oxygens (including phenoxy) is 1. The van der Waals surface area contributed by atoms with E-state index in [0.717, 1.165) is 5.56 Å². The number of rotatable bonds is 3. The van der Waals surface area contributed by atoms with Crippen molar-refractivity contribution in [3.8, 4) is 5.75 Å². The van der Waals surface area contributed by atoms with Crippen LogP contribution >= 0.6 is 0 Å². The molecule has 2 aliphatic heterocycles. The van der Waals surface area contributed by atoms with E-state index in [4.69, 9.17) is 4.74 Å². The van der Waals surface area contributed by atoms with E-state index in [-0.39, 0.29) is 48.6 Å². The van der Waals surface area contributed by atoms with Gasteiger partial charge in [-0.3, -0.25) is 9.59 Å². The van der Waals surface area contributed by atoms with Crippen LogP contribution in [0.3, 0.4) is 0 Å². The molecule has 0 saturated carbocycles. The molecule has 0 radical (unpaired) electrons. The lowest BCUT2D eigenvalue weighted by atomic mass is 10.1. The van der Waals surface area contributed by atoms with Gasteiger partial charge in [-0.25, -0.2) is 8.42 Å². The molecule has 0 aromatic heterocycles. The maximum absolute atomic E-state index is 13.0. The smallest absolute Gasteiger partial charge is 0.246 e. The largest absolute Gasteiger partial charge is 0.495 e. The Hall–Kier alpha value is -2.13. The number of amides is 2. The zero-order valence-corrected chi connectivity index (χ0v) is 15.2. The fraction of sp³-hybridized carbons (Fsp3) is 0.500. The Balaban J connectivity index is 1.92. The monoisotopic (exact) mass is 367 g/mol. The number of hydrogen-bond donors (Lipinski definition) is 0. The molecule has 1 atom stereocenters. The summed E-state index contributed by atoms with van der Waals surface area (Å²) in [7, 11) is -0.861. The first-order valence-electron chi connectivity index (χ1n) is 7.95. The lowest BCUT2D eigenvalue weighted by molar-refractivity contribution is -0.156. The molecule has 2 amide bonds. The van der Waals surface area contributed by atoms with Crippen molar-refractivity contribution in [2.75, 3.05) is 40.3 Å². The molecule has 1 aromatic carbocycles. The normalized spacial score (nSPS) is 22.1. The average molecular weight is 367 g/mol. The Bertz CT molecular complexity index is 823. The highest BCUT2D eigenvalue weighted by atomic mass is 32.2. The number of piperazine rings is 2. The van der Waals surface area contributed by atoms with Gasteiger partial charge in [0.25, 0.3) is 0 Å². The summed E-state index contributed by atoms with van der Waals surface area (Å²) in [5.74, 6) is -0.127. The van der Waals surface area contributed by atoms with Gasteiger partial charge in [0.05, 0.1) is 13.7 Å². The van der Waals surface area contributed by atoms with Crippen molar-refractivity contribution in [1.29, 1.82) is 0 Å². The van der Waals surface area contributed by atoms with Gasteiger partial charge in [0.2, 0.25) is 21.8 Å². The number of benzene rings is 1. The Kier molecular flexibility index (Phi) is 4.46. The van der Waals surface area contributed by atoms with Gasteiger partial charge in [0.15, 0.2) is 0 Å². The lowest BCUT2D eigenvalue weighted by Gasteiger charge is -2.44. The summed E-state index contributed by atoms with van der Waals surface area (Å²) in [6.45, 7) is 2.19. The van der Waals surface area contributed by atoms with Crippen molar-refractivity contribution in [1.82, 2.24) is 14.1 Å². The van der Waals surface area contributed by atoms with Crippen molar-refractivity contribution in [3.05, 3.63) is 23.8 Å². The topological polar surface area (TPSA) is 87.2 Å². The third-order valence-electron chi connectivity index (χ3n) is 4.63. The first-order valence-corrected chi connectivity index (χ1v) is 9.39. The number of carbonyl (C=O) groups is 2. The second-order valence-electron chi connectivity index (χ2n) is 6.31. The molecular weight excluding hydrogens is 346 g/mol. The van der Waals surface area contributed by atoms with E-state index in [1.807, 2.05) is 6.92 Å². The molecule has 0 spiro atoms. The van der Waals surface area contributed by atoms with E-state index in [9.17, 15) is 18.0 Å². The van der Waals surface area contributed by atoms with Gasteiger partial charge in [-0.15, -0.1) is 0 Å². The van der Waals surface area contributed by atoms with Gasteiger partial charge < -0.3 is 14.5 Å².